The minimum atomic E-state index is -0.204. The van der Waals surface area contributed by atoms with Gasteiger partial charge in [-0.25, -0.2) is 0 Å². The lowest BCUT2D eigenvalue weighted by Crippen LogP contribution is -2.14. The van der Waals surface area contributed by atoms with Crippen LogP contribution in [0.25, 0.3) is 0 Å². The smallest absolute Gasteiger partial charge is 0.202 e. The minimum Gasteiger partial charge on any atom is -0.291 e. The van der Waals surface area contributed by atoms with Crippen LogP contribution in [0.4, 0.5) is 0 Å². The summed E-state index contributed by atoms with van der Waals surface area (Å²) in [6.45, 7) is 5.50. The molecule has 0 saturated heterocycles. The van der Waals surface area contributed by atoms with E-state index in [0.717, 1.165) is 0 Å². The zero-order valence-electron chi connectivity index (χ0n) is 6.67. The van der Waals surface area contributed by atoms with Crippen LogP contribution in [-0.4, -0.2) is 11.6 Å². The average Bonchev–Trinajstić information content (AvgIpc) is 2.17. The summed E-state index contributed by atoms with van der Waals surface area (Å²) >= 11 is 0. The van der Waals surface area contributed by atoms with Crippen molar-refractivity contribution in [3.05, 3.63) is 12.7 Å². The standard InChI is InChI=1S/C9H12O2/c1-3-4-7-6(2)5-8(10)9(7)11/h3,6-7H,1,4-5H2,2H3. The summed E-state index contributed by atoms with van der Waals surface area (Å²) in [7, 11) is 0. The molecule has 60 valence electrons. The van der Waals surface area contributed by atoms with Crippen LogP contribution in [0.5, 0.6) is 0 Å². The molecule has 2 unspecified atom stereocenters. The van der Waals surface area contributed by atoms with Gasteiger partial charge in [0, 0.05) is 12.3 Å². The molecule has 0 bridgehead atoms. The number of hydrogen-bond donors (Lipinski definition) is 0. The zero-order valence-corrected chi connectivity index (χ0v) is 6.67. The molecule has 0 amide bonds. The van der Waals surface area contributed by atoms with Crippen molar-refractivity contribution in [2.45, 2.75) is 19.8 Å². The molecule has 0 aromatic rings. The highest BCUT2D eigenvalue weighted by Crippen LogP contribution is 2.28. The molecule has 11 heavy (non-hydrogen) atoms. The highest BCUT2D eigenvalue weighted by Gasteiger charge is 2.37. The molecule has 2 atom stereocenters. The fourth-order valence-corrected chi connectivity index (χ4v) is 1.52. The quantitative estimate of drug-likeness (QED) is 0.442. The Balaban J connectivity index is 2.71. The first-order valence-electron chi connectivity index (χ1n) is 3.84. The van der Waals surface area contributed by atoms with E-state index in [2.05, 4.69) is 6.58 Å². The molecule has 0 N–H and O–H groups in total. The van der Waals surface area contributed by atoms with Gasteiger partial charge in [0.15, 0.2) is 5.78 Å². The number of ketones is 2. The van der Waals surface area contributed by atoms with E-state index in [4.69, 9.17) is 0 Å². The van der Waals surface area contributed by atoms with Crippen molar-refractivity contribution >= 4 is 11.6 Å². The second-order valence-corrected chi connectivity index (χ2v) is 3.10. The summed E-state index contributed by atoms with van der Waals surface area (Å²) in [5.41, 5.74) is 0. The third-order valence-electron chi connectivity index (χ3n) is 2.23. The predicted octanol–water partition coefficient (Wildman–Crippen LogP) is 1.36. The first kappa shape index (κ1) is 8.18. The van der Waals surface area contributed by atoms with Crippen LogP contribution in [0.3, 0.4) is 0 Å². The van der Waals surface area contributed by atoms with Crippen LogP contribution in [0.2, 0.25) is 0 Å². The van der Waals surface area contributed by atoms with Crippen LogP contribution >= 0.6 is 0 Å². The highest BCUT2D eigenvalue weighted by molar-refractivity contribution is 6.40. The first-order chi connectivity index (χ1) is 5.16. The van der Waals surface area contributed by atoms with Gasteiger partial charge in [0.1, 0.15) is 0 Å². The minimum absolute atomic E-state index is 0.0833. The summed E-state index contributed by atoms with van der Waals surface area (Å²) in [6.07, 6.45) is 2.78. The fourth-order valence-electron chi connectivity index (χ4n) is 1.52. The Bertz CT molecular complexity index is 206. The van der Waals surface area contributed by atoms with Gasteiger partial charge < -0.3 is 0 Å². The van der Waals surface area contributed by atoms with E-state index in [9.17, 15) is 9.59 Å². The van der Waals surface area contributed by atoms with E-state index < -0.39 is 0 Å². The molecule has 0 aromatic carbocycles. The number of Topliss-reactive ketones (excluding diaryl/α,β-unsaturated/α-hetero) is 2. The molecule has 0 radical (unpaired) electrons. The largest absolute Gasteiger partial charge is 0.291 e. The van der Waals surface area contributed by atoms with Crippen LogP contribution in [0.1, 0.15) is 19.8 Å². The van der Waals surface area contributed by atoms with Crippen molar-refractivity contribution in [3.8, 4) is 0 Å². The normalized spacial score (nSPS) is 31.0. The molecule has 0 spiro atoms. The van der Waals surface area contributed by atoms with Crippen molar-refractivity contribution < 1.29 is 9.59 Å². The second kappa shape index (κ2) is 2.99. The van der Waals surface area contributed by atoms with Gasteiger partial charge in [-0.3, -0.25) is 9.59 Å². The molecule has 1 rings (SSSR count). The van der Waals surface area contributed by atoms with E-state index in [-0.39, 0.29) is 23.4 Å². The number of allylic oxidation sites excluding steroid dienone is 1. The molecular formula is C9H12O2. The Labute approximate surface area is 66.3 Å². The summed E-state index contributed by atoms with van der Waals surface area (Å²) in [5.74, 6) is -0.269. The summed E-state index contributed by atoms with van der Waals surface area (Å²) < 4.78 is 0. The van der Waals surface area contributed by atoms with E-state index in [1.807, 2.05) is 6.92 Å². The monoisotopic (exact) mass is 152 g/mol. The molecule has 0 heterocycles. The van der Waals surface area contributed by atoms with Crippen LogP contribution in [0.15, 0.2) is 12.7 Å². The SMILES string of the molecule is C=CCC1C(=O)C(=O)CC1C. The van der Waals surface area contributed by atoms with Gasteiger partial charge in [-0.2, -0.15) is 0 Å². The fraction of sp³-hybridized carbons (Fsp3) is 0.556. The van der Waals surface area contributed by atoms with Gasteiger partial charge in [-0.15, -0.1) is 6.58 Å². The summed E-state index contributed by atoms with van der Waals surface area (Å²) in [6, 6.07) is 0. The maximum Gasteiger partial charge on any atom is 0.202 e. The molecule has 2 heteroatoms. The van der Waals surface area contributed by atoms with Gasteiger partial charge in [-0.1, -0.05) is 13.0 Å². The average molecular weight is 152 g/mol. The maximum atomic E-state index is 11.1. The Hall–Kier alpha value is -0.920. The van der Waals surface area contributed by atoms with Crippen molar-refractivity contribution in [1.29, 1.82) is 0 Å². The summed E-state index contributed by atoms with van der Waals surface area (Å²) in [4.78, 5) is 22.0. The number of carbonyl (C=O) groups is 2. The number of rotatable bonds is 2. The van der Waals surface area contributed by atoms with Crippen molar-refractivity contribution in [2.24, 2.45) is 11.8 Å². The van der Waals surface area contributed by atoms with E-state index in [1.165, 1.54) is 0 Å². The van der Waals surface area contributed by atoms with E-state index in [1.54, 1.807) is 6.08 Å². The third-order valence-corrected chi connectivity index (χ3v) is 2.23. The Morgan fingerprint density at radius 2 is 2.27 bits per heavy atom. The summed E-state index contributed by atoms with van der Waals surface area (Å²) in [5, 5.41) is 0. The highest BCUT2D eigenvalue weighted by atomic mass is 16.2. The van der Waals surface area contributed by atoms with E-state index in [0.29, 0.717) is 12.8 Å². The third kappa shape index (κ3) is 1.39. The zero-order chi connectivity index (χ0) is 8.43. The van der Waals surface area contributed by atoms with Crippen molar-refractivity contribution in [2.75, 3.05) is 0 Å². The molecule has 1 aliphatic carbocycles. The first-order valence-corrected chi connectivity index (χ1v) is 3.84. The van der Waals surface area contributed by atoms with Crippen LogP contribution < -0.4 is 0 Å². The molecule has 1 saturated carbocycles. The van der Waals surface area contributed by atoms with Gasteiger partial charge in [0.05, 0.1) is 0 Å². The number of carbonyl (C=O) groups excluding carboxylic acids is 2. The molecule has 1 fully saturated rings. The number of hydrogen-bond acceptors (Lipinski definition) is 2. The molecular weight excluding hydrogens is 140 g/mol. The van der Waals surface area contributed by atoms with Crippen molar-refractivity contribution in [1.82, 2.24) is 0 Å². The lowest BCUT2D eigenvalue weighted by Gasteiger charge is -2.08. The predicted molar refractivity (Wildman–Crippen MR) is 42.1 cm³/mol. The molecule has 1 aliphatic rings. The second-order valence-electron chi connectivity index (χ2n) is 3.10. The lowest BCUT2D eigenvalue weighted by atomic mass is 9.94. The Morgan fingerprint density at radius 1 is 1.64 bits per heavy atom. The maximum absolute atomic E-state index is 11.1. The lowest BCUT2D eigenvalue weighted by molar-refractivity contribution is -0.135. The topological polar surface area (TPSA) is 34.1 Å². The molecule has 0 aliphatic heterocycles. The van der Waals surface area contributed by atoms with E-state index >= 15 is 0 Å². The van der Waals surface area contributed by atoms with Gasteiger partial charge >= 0.3 is 0 Å². The van der Waals surface area contributed by atoms with Gasteiger partial charge in [-0.05, 0) is 12.3 Å². The van der Waals surface area contributed by atoms with Crippen molar-refractivity contribution in [3.63, 3.8) is 0 Å². The van der Waals surface area contributed by atoms with Gasteiger partial charge in [0.2, 0.25) is 5.78 Å². The Kier molecular flexibility index (Phi) is 2.22. The van der Waals surface area contributed by atoms with Crippen LogP contribution in [0, 0.1) is 11.8 Å². The van der Waals surface area contributed by atoms with Gasteiger partial charge in [0.25, 0.3) is 0 Å². The molecule has 0 aromatic heterocycles. The molecule has 2 nitrogen and oxygen atoms in total. The Morgan fingerprint density at radius 3 is 2.64 bits per heavy atom. The van der Waals surface area contributed by atoms with Crippen LogP contribution in [-0.2, 0) is 9.59 Å².